The van der Waals surface area contributed by atoms with Crippen molar-refractivity contribution in [3.05, 3.63) is 58.4 Å². The van der Waals surface area contributed by atoms with Crippen LogP contribution in [0.1, 0.15) is 44.6 Å². The van der Waals surface area contributed by atoms with Crippen LogP contribution < -0.4 is 0 Å². The van der Waals surface area contributed by atoms with Gasteiger partial charge in [0.15, 0.2) is 0 Å². The molecule has 0 aliphatic heterocycles. The van der Waals surface area contributed by atoms with Gasteiger partial charge in [0.25, 0.3) is 0 Å². The molecular formula is C16H17NO3. The van der Waals surface area contributed by atoms with Crippen molar-refractivity contribution in [2.45, 2.75) is 20.8 Å². The number of H-pyrrole nitrogens is 1. The van der Waals surface area contributed by atoms with Crippen LogP contribution in [0.2, 0.25) is 0 Å². The molecule has 0 fully saturated rings. The minimum Gasteiger partial charge on any atom is -0.462 e. The molecule has 0 aliphatic carbocycles. The highest BCUT2D eigenvalue weighted by Crippen LogP contribution is 2.21. The van der Waals surface area contributed by atoms with Gasteiger partial charge in [-0.05, 0) is 26.3 Å². The van der Waals surface area contributed by atoms with Gasteiger partial charge in [0, 0.05) is 11.3 Å². The first-order chi connectivity index (χ1) is 9.56. The van der Waals surface area contributed by atoms with E-state index in [1.807, 2.05) is 18.2 Å². The summed E-state index contributed by atoms with van der Waals surface area (Å²) in [4.78, 5) is 27.3. The highest BCUT2D eigenvalue weighted by molar-refractivity contribution is 6.10. The Morgan fingerprint density at radius 2 is 1.80 bits per heavy atom. The van der Waals surface area contributed by atoms with Gasteiger partial charge in [-0.1, -0.05) is 30.3 Å². The number of aryl methyl sites for hydroxylation is 1. The van der Waals surface area contributed by atoms with Crippen molar-refractivity contribution >= 4 is 11.8 Å². The number of aromatic nitrogens is 1. The maximum Gasteiger partial charge on any atom is 0.340 e. The Morgan fingerprint density at radius 3 is 2.40 bits per heavy atom. The number of ether oxygens (including phenoxy) is 1. The lowest BCUT2D eigenvalue weighted by atomic mass is 10.0. The summed E-state index contributed by atoms with van der Waals surface area (Å²) in [7, 11) is 0. The molecule has 0 radical (unpaired) electrons. The quantitative estimate of drug-likeness (QED) is 0.687. The zero-order chi connectivity index (χ0) is 14.7. The van der Waals surface area contributed by atoms with Gasteiger partial charge in [0.2, 0.25) is 5.78 Å². The molecular weight excluding hydrogens is 254 g/mol. The number of ketones is 1. The van der Waals surface area contributed by atoms with Gasteiger partial charge in [0.05, 0.1) is 17.9 Å². The van der Waals surface area contributed by atoms with Gasteiger partial charge in [-0.15, -0.1) is 0 Å². The number of hydrogen-bond donors (Lipinski definition) is 1. The first-order valence-electron chi connectivity index (χ1n) is 6.52. The van der Waals surface area contributed by atoms with E-state index < -0.39 is 5.97 Å². The molecule has 1 heterocycles. The zero-order valence-electron chi connectivity index (χ0n) is 11.8. The summed E-state index contributed by atoms with van der Waals surface area (Å²) in [6.45, 7) is 5.59. The monoisotopic (exact) mass is 271 g/mol. The molecule has 2 aromatic rings. The molecule has 0 saturated carbocycles. The topological polar surface area (TPSA) is 59.2 Å². The molecule has 1 N–H and O–H groups in total. The third-order valence-corrected chi connectivity index (χ3v) is 3.18. The molecule has 0 spiro atoms. The minimum atomic E-state index is -0.397. The molecule has 0 bridgehead atoms. The van der Waals surface area contributed by atoms with Gasteiger partial charge in [-0.25, -0.2) is 4.79 Å². The van der Waals surface area contributed by atoms with E-state index in [4.69, 9.17) is 4.74 Å². The van der Waals surface area contributed by atoms with Gasteiger partial charge in [0.1, 0.15) is 0 Å². The summed E-state index contributed by atoms with van der Waals surface area (Å²) in [6, 6.07) is 8.98. The number of hydrogen-bond acceptors (Lipinski definition) is 3. The summed E-state index contributed by atoms with van der Waals surface area (Å²) in [5.74, 6) is -0.521. The van der Waals surface area contributed by atoms with Crippen LogP contribution in [0, 0.1) is 13.8 Å². The molecule has 0 aliphatic rings. The van der Waals surface area contributed by atoms with Gasteiger partial charge in [-0.3, -0.25) is 4.79 Å². The number of aromatic amines is 1. The lowest BCUT2D eigenvalue weighted by Crippen LogP contribution is -2.08. The molecule has 0 saturated heterocycles. The average molecular weight is 271 g/mol. The van der Waals surface area contributed by atoms with Crippen LogP contribution in [0.25, 0.3) is 0 Å². The van der Waals surface area contributed by atoms with Crippen LogP contribution in [0.5, 0.6) is 0 Å². The summed E-state index contributed by atoms with van der Waals surface area (Å²) in [5, 5.41) is 0. The second-order valence-electron chi connectivity index (χ2n) is 4.54. The third-order valence-electron chi connectivity index (χ3n) is 3.18. The predicted octanol–water partition coefficient (Wildman–Crippen LogP) is 3.04. The van der Waals surface area contributed by atoms with Crippen molar-refractivity contribution in [2.75, 3.05) is 6.61 Å². The van der Waals surface area contributed by atoms with E-state index in [2.05, 4.69) is 4.98 Å². The van der Waals surface area contributed by atoms with Crippen molar-refractivity contribution in [3.63, 3.8) is 0 Å². The minimum absolute atomic E-state index is 0.123. The maximum absolute atomic E-state index is 12.4. The van der Waals surface area contributed by atoms with Crippen LogP contribution in [-0.2, 0) is 4.74 Å². The SMILES string of the molecule is CCOC(=O)c1c(C)[nH]c(C(=O)c2ccccc2)c1C. The molecule has 4 heteroatoms. The van der Waals surface area contributed by atoms with E-state index in [1.54, 1.807) is 32.9 Å². The highest BCUT2D eigenvalue weighted by atomic mass is 16.5. The van der Waals surface area contributed by atoms with Crippen molar-refractivity contribution in [1.82, 2.24) is 4.98 Å². The summed E-state index contributed by atoms with van der Waals surface area (Å²) in [6.07, 6.45) is 0. The Hall–Kier alpha value is -2.36. The molecule has 20 heavy (non-hydrogen) atoms. The van der Waals surface area contributed by atoms with Crippen LogP contribution in [-0.4, -0.2) is 23.3 Å². The third kappa shape index (κ3) is 2.50. The molecule has 0 atom stereocenters. The largest absolute Gasteiger partial charge is 0.462 e. The Morgan fingerprint density at radius 1 is 1.15 bits per heavy atom. The predicted molar refractivity (Wildman–Crippen MR) is 76.1 cm³/mol. The van der Waals surface area contributed by atoms with Gasteiger partial charge < -0.3 is 9.72 Å². The summed E-state index contributed by atoms with van der Waals surface area (Å²) in [5.41, 5.74) is 2.77. The van der Waals surface area contributed by atoms with E-state index in [0.717, 1.165) is 0 Å². The van der Waals surface area contributed by atoms with E-state index >= 15 is 0 Å². The average Bonchev–Trinajstić information content (AvgIpc) is 2.74. The maximum atomic E-state index is 12.4. The van der Waals surface area contributed by atoms with Crippen molar-refractivity contribution < 1.29 is 14.3 Å². The fourth-order valence-corrected chi connectivity index (χ4v) is 2.22. The Bertz CT molecular complexity index is 641. The van der Waals surface area contributed by atoms with Crippen molar-refractivity contribution in [3.8, 4) is 0 Å². The number of nitrogens with one attached hydrogen (secondary N) is 1. The van der Waals surface area contributed by atoms with Gasteiger partial charge >= 0.3 is 5.97 Å². The van der Waals surface area contributed by atoms with Crippen LogP contribution in [0.3, 0.4) is 0 Å². The lowest BCUT2D eigenvalue weighted by Gasteiger charge is -2.03. The van der Waals surface area contributed by atoms with Crippen LogP contribution in [0.4, 0.5) is 0 Å². The number of benzene rings is 1. The number of rotatable bonds is 4. The summed E-state index contributed by atoms with van der Waals surface area (Å²) < 4.78 is 5.02. The first kappa shape index (κ1) is 14.1. The Labute approximate surface area is 117 Å². The summed E-state index contributed by atoms with van der Waals surface area (Å²) >= 11 is 0. The molecule has 1 aromatic heterocycles. The first-order valence-corrected chi connectivity index (χ1v) is 6.52. The fourth-order valence-electron chi connectivity index (χ4n) is 2.22. The zero-order valence-corrected chi connectivity index (χ0v) is 11.8. The van der Waals surface area contributed by atoms with Crippen LogP contribution in [0.15, 0.2) is 30.3 Å². The second kappa shape index (κ2) is 5.74. The molecule has 0 amide bonds. The Kier molecular flexibility index (Phi) is 4.03. The van der Waals surface area contributed by atoms with Crippen molar-refractivity contribution in [1.29, 1.82) is 0 Å². The normalized spacial score (nSPS) is 10.3. The Balaban J connectivity index is 2.42. The van der Waals surface area contributed by atoms with Gasteiger partial charge in [-0.2, -0.15) is 0 Å². The molecule has 104 valence electrons. The lowest BCUT2D eigenvalue weighted by molar-refractivity contribution is 0.0525. The standard InChI is InChI=1S/C16H17NO3/c1-4-20-16(19)13-10(2)14(17-11(13)3)15(18)12-8-6-5-7-9-12/h5-9,17H,4H2,1-3H3. The molecule has 0 unspecified atom stereocenters. The molecule has 1 aromatic carbocycles. The van der Waals surface area contributed by atoms with E-state index in [-0.39, 0.29) is 5.78 Å². The smallest absolute Gasteiger partial charge is 0.340 e. The molecule has 4 nitrogen and oxygen atoms in total. The van der Waals surface area contributed by atoms with E-state index in [9.17, 15) is 9.59 Å². The fraction of sp³-hybridized carbons (Fsp3) is 0.250. The number of carbonyl (C=O) groups excluding carboxylic acids is 2. The molecule has 2 rings (SSSR count). The number of carbonyl (C=O) groups is 2. The highest BCUT2D eigenvalue weighted by Gasteiger charge is 2.23. The van der Waals surface area contributed by atoms with E-state index in [0.29, 0.717) is 34.7 Å². The van der Waals surface area contributed by atoms with Crippen molar-refractivity contribution in [2.24, 2.45) is 0 Å². The number of esters is 1. The van der Waals surface area contributed by atoms with Crippen LogP contribution >= 0.6 is 0 Å². The van der Waals surface area contributed by atoms with E-state index in [1.165, 1.54) is 0 Å². The second-order valence-corrected chi connectivity index (χ2v) is 4.54.